The lowest BCUT2D eigenvalue weighted by Crippen LogP contribution is -2.47. The van der Waals surface area contributed by atoms with Gasteiger partial charge in [0.2, 0.25) is 0 Å². The molecule has 0 bridgehead atoms. The average Bonchev–Trinajstić information content (AvgIpc) is 3.29. The summed E-state index contributed by atoms with van der Waals surface area (Å²) in [5, 5.41) is 12.7. The second-order valence-electron chi connectivity index (χ2n) is 8.78. The van der Waals surface area contributed by atoms with Crippen LogP contribution < -0.4 is 5.32 Å². The minimum absolute atomic E-state index is 0.0240. The van der Waals surface area contributed by atoms with Crippen LogP contribution >= 0.6 is 23.4 Å². The Kier molecular flexibility index (Phi) is 8.88. The van der Waals surface area contributed by atoms with Gasteiger partial charge in [-0.15, -0.1) is 0 Å². The third kappa shape index (κ3) is 6.34. The first-order chi connectivity index (χ1) is 17.8. The number of carboxylic acids is 1. The number of amidine groups is 1. The van der Waals surface area contributed by atoms with E-state index in [9.17, 15) is 19.1 Å². The van der Waals surface area contributed by atoms with Crippen LogP contribution in [-0.2, 0) is 21.4 Å². The number of ether oxygens (including phenoxy) is 1. The van der Waals surface area contributed by atoms with E-state index in [0.29, 0.717) is 35.9 Å². The molecule has 37 heavy (non-hydrogen) atoms. The van der Waals surface area contributed by atoms with E-state index in [1.165, 1.54) is 18.2 Å². The quantitative estimate of drug-likeness (QED) is 0.458. The highest BCUT2D eigenvalue weighted by atomic mass is 35.5. The average molecular weight is 550 g/mol. The first-order valence-electron chi connectivity index (χ1n) is 12.0. The Morgan fingerprint density at radius 2 is 2.19 bits per heavy atom. The number of imidazole rings is 1. The van der Waals surface area contributed by atoms with Crippen molar-refractivity contribution in [1.29, 1.82) is 0 Å². The molecular weight excluding hydrogens is 521 g/mol. The van der Waals surface area contributed by atoms with Gasteiger partial charge < -0.3 is 19.7 Å². The van der Waals surface area contributed by atoms with Gasteiger partial charge in [-0.1, -0.05) is 17.7 Å². The fourth-order valence-electron chi connectivity index (χ4n) is 4.48. The van der Waals surface area contributed by atoms with Gasteiger partial charge in [-0.2, -0.15) is 11.8 Å². The molecule has 3 heterocycles. The molecule has 2 aromatic rings. The van der Waals surface area contributed by atoms with Crippen molar-refractivity contribution >= 4 is 41.1 Å². The molecule has 2 aliphatic heterocycles. The number of aryl methyl sites for hydroxylation is 1. The first kappa shape index (κ1) is 27.2. The van der Waals surface area contributed by atoms with Crippen molar-refractivity contribution in [1.82, 2.24) is 19.8 Å². The second kappa shape index (κ2) is 12.1. The molecule has 0 saturated carbocycles. The molecule has 4 rings (SSSR count). The number of carbonyl (C=O) groups is 2. The summed E-state index contributed by atoms with van der Waals surface area (Å²) >= 11 is 8.24. The van der Waals surface area contributed by atoms with Crippen molar-refractivity contribution < 1.29 is 23.8 Å². The van der Waals surface area contributed by atoms with Crippen LogP contribution in [0.25, 0.3) is 0 Å². The summed E-state index contributed by atoms with van der Waals surface area (Å²) < 4.78 is 21.1. The Labute approximate surface area is 223 Å². The van der Waals surface area contributed by atoms with Crippen LogP contribution in [0.4, 0.5) is 4.39 Å². The van der Waals surface area contributed by atoms with Gasteiger partial charge in [0.25, 0.3) is 0 Å². The summed E-state index contributed by atoms with van der Waals surface area (Å²) in [6, 6.07) is 3.17. The summed E-state index contributed by atoms with van der Waals surface area (Å²) in [5.41, 5.74) is 1.32. The van der Waals surface area contributed by atoms with Crippen LogP contribution in [0.5, 0.6) is 0 Å². The van der Waals surface area contributed by atoms with Crippen LogP contribution in [-0.4, -0.2) is 74.6 Å². The fourth-order valence-corrected chi connectivity index (χ4v) is 5.93. The molecule has 0 radical (unpaired) electrons. The number of aromatic nitrogens is 2. The summed E-state index contributed by atoms with van der Waals surface area (Å²) in [4.78, 5) is 36.0. The number of aliphatic imine (C=N–C) groups is 1. The fraction of sp³-hybridized carbons (Fsp3) is 0.440. The topological polar surface area (TPSA) is 109 Å². The molecule has 0 spiro atoms. The van der Waals surface area contributed by atoms with E-state index in [4.69, 9.17) is 21.3 Å². The van der Waals surface area contributed by atoms with Gasteiger partial charge in [0.1, 0.15) is 11.9 Å². The van der Waals surface area contributed by atoms with Crippen molar-refractivity contribution in [2.45, 2.75) is 31.8 Å². The summed E-state index contributed by atoms with van der Waals surface area (Å²) in [5.74, 6) is 0.793. The number of halogens is 2. The highest BCUT2D eigenvalue weighted by molar-refractivity contribution is 7.99. The van der Waals surface area contributed by atoms with Crippen molar-refractivity contribution in [3.8, 4) is 0 Å². The van der Waals surface area contributed by atoms with E-state index in [-0.39, 0.29) is 29.7 Å². The maximum Gasteiger partial charge on any atom is 0.338 e. The number of aliphatic carboxylic acids is 1. The SMILES string of the molecule is CCOC(=O)C1=C(CN2CCSC[C@H]2CCC(=O)O)NC(c2nccn2C)=N[C@H]1c1ccc(F)cc1Cl. The van der Waals surface area contributed by atoms with Crippen molar-refractivity contribution in [2.75, 3.05) is 31.2 Å². The normalized spacial score (nSPS) is 20.4. The van der Waals surface area contributed by atoms with Crippen LogP contribution in [0.2, 0.25) is 5.02 Å². The third-order valence-corrected chi connectivity index (χ3v) is 7.73. The number of rotatable bonds is 9. The summed E-state index contributed by atoms with van der Waals surface area (Å²) in [7, 11) is 1.83. The third-order valence-electron chi connectivity index (χ3n) is 6.31. The number of carboxylic acid groups (broad SMARTS) is 1. The van der Waals surface area contributed by atoms with Gasteiger partial charge in [-0.3, -0.25) is 14.7 Å². The number of thioether (sulfide) groups is 1. The lowest BCUT2D eigenvalue weighted by Gasteiger charge is -2.37. The molecule has 1 saturated heterocycles. The number of esters is 1. The maximum atomic E-state index is 13.9. The van der Waals surface area contributed by atoms with Crippen molar-refractivity contribution in [3.63, 3.8) is 0 Å². The lowest BCUT2D eigenvalue weighted by molar-refractivity contribution is -0.139. The van der Waals surface area contributed by atoms with E-state index in [1.54, 1.807) is 35.6 Å². The monoisotopic (exact) mass is 549 g/mol. The Hall–Kier alpha value is -2.89. The van der Waals surface area contributed by atoms with E-state index in [1.807, 2.05) is 7.05 Å². The number of hydrogen-bond donors (Lipinski definition) is 2. The Bertz CT molecular complexity index is 1230. The van der Waals surface area contributed by atoms with E-state index in [0.717, 1.165) is 18.1 Å². The molecule has 0 amide bonds. The Morgan fingerprint density at radius 1 is 1.38 bits per heavy atom. The highest BCUT2D eigenvalue weighted by Crippen LogP contribution is 2.37. The van der Waals surface area contributed by atoms with E-state index >= 15 is 0 Å². The maximum absolute atomic E-state index is 13.9. The lowest BCUT2D eigenvalue weighted by atomic mass is 9.94. The molecule has 0 aliphatic carbocycles. The van der Waals surface area contributed by atoms with Crippen molar-refractivity contribution in [2.24, 2.45) is 12.0 Å². The number of nitrogens with one attached hydrogen (secondary N) is 1. The van der Waals surface area contributed by atoms with Gasteiger partial charge in [-0.05, 0) is 25.5 Å². The minimum Gasteiger partial charge on any atom is -0.481 e. The van der Waals surface area contributed by atoms with Crippen LogP contribution in [0.3, 0.4) is 0 Å². The largest absolute Gasteiger partial charge is 0.481 e. The molecule has 1 fully saturated rings. The minimum atomic E-state index is -0.855. The Morgan fingerprint density at radius 3 is 2.86 bits per heavy atom. The number of carbonyl (C=O) groups excluding carboxylic acids is 1. The van der Waals surface area contributed by atoms with Gasteiger partial charge in [0, 0.05) is 72.8 Å². The van der Waals surface area contributed by atoms with Crippen LogP contribution in [0.15, 0.2) is 46.9 Å². The smallest absolute Gasteiger partial charge is 0.338 e. The number of benzene rings is 1. The molecule has 2 N–H and O–H groups in total. The summed E-state index contributed by atoms with van der Waals surface area (Å²) in [6.45, 7) is 2.96. The van der Waals surface area contributed by atoms with Gasteiger partial charge >= 0.3 is 11.9 Å². The summed E-state index contributed by atoms with van der Waals surface area (Å²) in [6.07, 6.45) is 3.99. The zero-order chi connectivity index (χ0) is 26.5. The predicted molar refractivity (Wildman–Crippen MR) is 140 cm³/mol. The first-order valence-corrected chi connectivity index (χ1v) is 13.5. The number of nitrogens with zero attached hydrogens (tertiary/aromatic N) is 4. The number of hydrogen-bond acceptors (Lipinski definition) is 8. The molecule has 198 valence electrons. The second-order valence-corrected chi connectivity index (χ2v) is 10.3. The highest BCUT2D eigenvalue weighted by Gasteiger charge is 2.36. The van der Waals surface area contributed by atoms with Crippen molar-refractivity contribution in [3.05, 3.63) is 64.1 Å². The molecule has 1 aromatic heterocycles. The molecule has 2 atom stereocenters. The van der Waals surface area contributed by atoms with E-state index < -0.39 is 23.8 Å². The van der Waals surface area contributed by atoms with Crippen LogP contribution in [0.1, 0.15) is 37.2 Å². The van der Waals surface area contributed by atoms with Crippen LogP contribution in [0, 0.1) is 5.82 Å². The Balaban J connectivity index is 1.80. The van der Waals surface area contributed by atoms with Gasteiger partial charge in [-0.25, -0.2) is 14.2 Å². The predicted octanol–water partition coefficient (Wildman–Crippen LogP) is 3.40. The van der Waals surface area contributed by atoms with E-state index in [2.05, 4.69) is 15.2 Å². The van der Waals surface area contributed by atoms with Gasteiger partial charge in [0.15, 0.2) is 11.7 Å². The molecule has 2 aliphatic rings. The molecule has 1 aromatic carbocycles. The molecule has 12 heteroatoms. The zero-order valence-corrected chi connectivity index (χ0v) is 22.2. The zero-order valence-electron chi connectivity index (χ0n) is 20.6. The van der Waals surface area contributed by atoms with Gasteiger partial charge in [0.05, 0.1) is 12.2 Å². The molecule has 0 unspecified atom stereocenters. The standard InChI is InChI=1S/C25H29ClFN5O4S/c1-3-36-25(35)21-19(13-32-10-11-37-14-16(32)5-7-20(33)34)29-23(24-28-8-9-31(24)2)30-22(21)17-6-4-15(27)12-18(17)26/h4,6,8-9,12,16,22H,3,5,7,10-11,13-14H2,1-2H3,(H,29,30)(H,33,34)/t16-,22+/m1/s1. The molecular formula is C25H29ClFN5O4S. The molecule has 9 nitrogen and oxygen atoms in total.